The third-order valence-corrected chi connectivity index (χ3v) is 5.94. The van der Waals surface area contributed by atoms with E-state index in [0.717, 1.165) is 26.1 Å². The maximum atomic E-state index is 10.5. The van der Waals surface area contributed by atoms with Gasteiger partial charge in [-0.25, -0.2) is 0 Å². The highest BCUT2D eigenvalue weighted by Gasteiger charge is 2.39. The van der Waals surface area contributed by atoms with Crippen LogP contribution >= 0.6 is 0 Å². The monoisotopic (exact) mass is 281 g/mol. The third kappa shape index (κ3) is 3.05. The van der Waals surface area contributed by atoms with Crippen LogP contribution in [0.1, 0.15) is 52.4 Å². The van der Waals surface area contributed by atoms with Crippen molar-refractivity contribution in [2.24, 2.45) is 17.8 Å². The van der Waals surface area contributed by atoms with E-state index in [1.165, 1.54) is 32.1 Å². The predicted octanol–water partition coefficient (Wildman–Crippen LogP) is 2.67. The van der Waals surface area contributed by atoms with Crippen molar-refractivity contribution in [3.05, 3.63) is 0 Å². The Labute approximate surface area is 123 Å². The molecule has 0 aromatic carbocycles. The molecule has 3 aliphatic rings. The van der Waals surface area contributed by atoms with Crippen molar-refractivity contribution in [2.75, 3.05) is 19.7 Å². The fraction of sp³-hybridized carbons (Fsp3) is 1.00. The first-order valence-electron chi connectivity index (χ1n) is 8.69. The quantitative estimate of drug-likeness (QED) is 0.844. The van der Waals surface area contributed by atoms with E-state index in [4.69, 9.17) is 4.74 Å². The highest BCUT2D eigenvalue weighted by molar-refractivity contribution is 4.91. The first-order chi connectivity index (χ1) is 9.65. The number of morpholine rings is 1. The summed E-state index contributed by atoms with van der Waals surface area (Å²) in [6.45, 7) is 7.64. The summed E-state index contributed by atoms with van der Waals surface area (Å²) >= 11 is 0. The molecule has 2 saturated carbocycles. The van der Waals surface area contributed by atoms with Crippen LogP contribution in [0.25, 0.3) is 0 Å². The molecule has 0 radical (unpaired) electrons. The predicted molar refractivity (Wildman–Crippen MR) is 80.6 cm³/mol. The Morgan fingerprint density at radius 3 is 2.75 bits per heavy atom. The summed E-state index contributed by atoms with van der Waals surface area (Å²) in [6.07, 6.45) is 7.84. The molecular formula is C17H31NO2. The summed E-state index contributed by atoms with van der Waals surface area (Å²) in [5.74, 6) is 1.80. The highest BCUT2D eigenvalue weighted by Crippen LogP contribution is 2.36. The number of ether oxygens (including phenoxy) is 1. The maximum Gasteiger partial charge on any atom is 0.0730 e. The number of nitrogens with zero attached hydrogens (tertiary/aromatic N) is 1. The SMILES string of the molecule is CC1CC(C)C(CN2CCOC3CCCCC32)C(O)C1. The maximum absolute atomic E-state index is 10.5. The van der Waals surface area contributed by atoms with E-state index in [0.29, 0.717) is 29.9 Å². The van der Waals surface area contributed by atoms with Gasteiger partial charge in [-0.15, -0.1) is 0 Å². The van der Waals surface area contributed by atoms with E-state index < -0.39 is 0 Å². The fourth-order valence-electron chi connectivity index (χ4n) is 4.85. The summed E-state index contributed by atoms with van der Waals surface area (Å²) in [5.41, 5.74) is 0. The van der Waals surface area contributed by atoms with Crippen molar-refractivity contribution in [1.29, 1.82) is 0 Å². The number of rotatable bonds is 2. The zero-order valence-corrected chi connectivity index (χ0v) is 13.1. The topological polar surface area (TPSA) is 32.7 Å². The molecule has 1 saturated heterocycles. The van der Waals surface area contributed by atoms with Crippen molar-refractivity contribution < 1.29 is 9.84 Å². The van der Waals surface area contributed by atoms with Crippen LogP contribution < -0.4 is 0 Å². The molecule has 2 aliphatic carbocycles. The molecule has 116 valence electrons. The van der Waals surface area contributed by atoms with Gasteiger partial charge in [0.1, 0.15) is 0 Å². The molecule has 1 aliphatic heterocycles. The molecule has 3 heteroatoms. The standard InChI is InChI=1S/C17H31NO2/c1-12-9-13(2)14(16(19)10-12)11-18-7-8-20-17-6-4-3-5-15(17)18/h12-17,19H,3-11H2,1-2H3. The number of fused-ring (bicyclic) bond motifs is 1. The summed E-state index contributed by atoms with van der Waals surface area (Å²) in [5, 5.41) is 10.5. The van der Waals surface area contributed by atoms with E-state index >= 15 is 0 Å². The average Bonchev–Trinajstić information content (AvgIpc) is 2.43. The zero-order valence-electron chi connectivity index (χ0n) is 13.1. The van der Waals surface area contributed by atoms with Crippen molar-refractivity contribution >= 4 is 0 Å². The van der Waals surface area contributed by atoms with Crippen LogP contribution in [0.3, 0.4) is 0 Å². The molecule has 0 aromatic rings. The van der Waals surface area contributed by atoms with Gasteiger partial charge in [0, 0.05) is 25.0 Å². The first-order valence-corrected chi connectivity index (χ1v) is 8.69. The van der Waals surface area contributed by atoms with Crippen LogP contribution in [-0.2, 0) is 4.74 Å². The lowest BCUT2D eigenvalue weighted by atomic mass is 9.73. The van der Waals surface area contributed by atoms with E-state index in [1.54, 1.807) is 0 Å². The fourth-order valence-corrected chi connectivity index (χ4v) is 4.85. The molecule has 0 aromatic heterocycles. The zero-order chi connectivity index (χ0) is 14.1. The lowest BCUT2D eigenvalue weighted by molar-refractivity contribution is -0.105. The Bertz CT molecular complexity index is 308. The Balaban J connectivity index is 1.63. The van der Waals surface area contributed by atoms with Gasteiger partial charge in [0.15, 0.2) is 0 Å². The molecule has 3 nitrogen and oxygen atoms in total. The van der Waals surface area contributed by atoms with Crippen LogP contribution in [0.15, 0.2) is 0 Å². The molecule has 0 bridgehead atoms. The van der Waals surface area contributed by atoms with Gasteiger partial charge in [0.05, 0.1) is 18.8 Å². The van der Waals surface area contributed by atoms with Gasteiger partial charge in [0.25, 0.3) is 0 Å². The van der Waals surface area contributed by atoms with Crippen molar-refractivity contribution in [3.8, 4) is 0 Å². The van der Waals surface area contributed by atoms with Gasteiger partial charge in [-0.1, -0.05) is 26.7 Å². The van der Waals surface area contributed by atoms with Crippen LogP contribution in [0.2, 0.25) is 0 Å². The normalized spacial score (nSPS) is 47.0. The Hall–Kier alpha value is -0.120. The second-order valence-corrected chi connectivity index (χ2v) is 7.54. The van der Waals surface area contributed by atoms with E-state index in [9.17, 15) is 5.11 Å². The summed E-state index contributed by atoms with van der Waals surface area (Å²) in [7, 11) is 0. The smallest absolute Gasteiger partial charge is 0.0730 e. The van der Waals surface area contributed by atoms with Crippen molar-refractivity contribution in [3.63, 3.8) is 0 Å². The molecule has 3 fully saturated rings. The molecular weight excluding hydrogens is 250 g/mol. The Morgan fingerprint density at radius 2 is 1.95 bits per heavy atom. The number of hydrogen-bond acceptors (Lipinski definition) is 3. The molecule has 20 heavy (non-hydrogen) atoms. The largest absolute Gasteiger partial charge is 0.393 e. The van der Waals surface area contributed by atoms with Crippen molar-refractivity contribution in [2.45, 2.75) is 70.6 Å². The van der Waals surface area contributed by atoms with Crippen LogP contribution in [0, 0.1) is 17.8 Å². The van der Waals surface area contributed by atoms with E-state index in [1.807, 2.05) is 0 Å². The van der Waals surface area contributed by atoms with Gasteiger partial charge >= 0.3 is 0 Å². The Morgan fingerprint density at radius 1 is 1.15 bits per heavy atom. The molecule has 0 spiro atoms. The summed E-state index contributed by atoms with van der Waals surface area (Å²) in [4.78, 5) is 2.65. The molecule has 6 unspecified atom stereocenters. The lowest BCUT2D eigenvalue weighted by Gasteiger charge is -2.47. The molecule has 1 N–H and O–H groups in total. The molecule has 6 atom stereocenters. The van der Waals surface area contributed by atoms with Crippen molar-refractivity contribution in [1.82, 2.24) is 4.90 Å². The summed E-state index contributed by atoms with van der Waals surface area (Å²) in [6, 6.07) is 0.622. The van der Waals surface area contributed by atoms with Crippen LogP contribution in [0.5, 0.6) is 0 Å². The lowest BCUT2D eigenvalue weighted by Crippen LogP contribution is -2.55. The minimum atomic E-state index is -0.0985. The Kier molecular flexibility index (Phi) is 4.68. The van der Waals surface area contributed by atoms with Gasteiger partial charge in [0.2, 0.25) is 0 Å². The van der Waals surface area contributed by atoms with E-state index in [2.05, 4.69) is 18.7 Å². The van der Waals surface area contributed by atoms with Gasteiger partial charge < -0.3 is 9.84 Å². The number of aliphatic hydroxyl groups excluding tert-OH is 1. The van der Waals surface area contributed by atoms with Gasteiger partial charge in [-0.3, -0.25) is 4.90 Å². The third-order valence-electron chi connectivity index (χ3n) is 5.94. The van der Waals surface area contributed by atoms with Crippen LogP contribution in [0.4, 0.5) is 0 Å². The first kappa shape index (κ1) is 14.8. The second-order valence-electron chi connectivity index (χ2n) is 7.54. The van der Waals surface area contributed by atoms with Crippen LogP contribution in [-0.4, -0.2) is 48.0 Å². The average molecular weight is 281 g/mol. The number of aliphatic hydroxyl groups is 1. The molecule has 3 rings (SSSR count). The number of hydrogen-bond donors (Lipinski definition) is 1. The molecule has 1 heterocycles. The minimum absolute atomic E-state index is 0.0985. The van der Waals surface area contributed by atoms with Gasteiger partial charge in [-0.05, 0) is 37.5 Å². The van der Waals surface area contributed by atoms with Gasteiger partial charge in [-0.2, -0.15) is 0 Å². The second kappa shape index (κ2) is 6.33. The highest BCUT2D eigenvalue weighted by atomic mass is 16.5. The van der Waals surface area contributed by atoms with E-state index in [-0.39, 0.29) is 6.10 Å². The minimum Gasteiger partial charge on any atom is -0.393 e. The molecule has 0 amide bonds. The summed E-state index contributed by atoms with van der Waals surface area (Å²) < 4.78 is 5.97.